The maximum Gasteiger partial charge on any atom is 0.226 e. The summed E-state index contributed by atoms with van der Waals surface area (Å²) in [7, 11) is 0. The summed E-state index contributed by atoms with van der Waals surface area (Å²) in [6.45, 7) is 8.00. The molecule has 0 saturated carbocycles. The van der Waals surface area contributed by atoms with Crippen molar-refractivity contribution >= 4 is 23.2 Å². The average Bonchev–Trinajstić information content (AvgIpc) is 2.55. The van der Waals surface area contributed by atoms with Crippen molar-refractivity contribution in [3.8, 4) is 0 Å². The Balaban J connectivity index is 1.89. The molecule has 1 aliphatic rings. The number of amides is 2. The quantitative estimate of drug-likeness (QED) is 0.871. The molecule has 2 amide bonds. The van der Waals surface area contributed by atoms with Crippen LogP contribution in [0.25, 0.3) is 0 Å². The molecular formula is C19H29N3O2. The van der Waals surface area contributed by atoms with Crippen molar-refractivity contribution in [2.45, 2.75) is 46.5 Å². The van der Waals surface area contributed by atoms with E-state index in [4.69, 9.17) is 0 Å². The first kappa shape index (κ1) is 18.3. The summed E-state index contributed by atoms with van der Waals surface area (Å²) in [5, 5.41) is 5.80. The Morgan fingerprint density at radius 3 is 2.42 bits per heavy atom. The van der Waals surface area contributed by atoms with Crippen molar-refractivity contribution in [2.24, 2.45) is 5.41 Å². The van der Waals surface area contributed by atoms with E-state index >= 15 is 0 Å². The smallest absolute Gasteiger partial charge is 0.226 e. The van der Waals surface area contributed by atoms with Crippen molar-refractivity contribution in [1.82, 2.24) is 5.32 Å². The Kier molecular flexibility index (Phi) is 6.23. The molecule has 1 aromatic rings. The lowest BCUT2D eigenvalue weighted by atomic mass is 9.96. The second-order valence-corrected chi connectivity index (χ2v) is 7.37. The van der Waals surface area contributed by atoms with Gasteiger partial charge in [-0.05, 0) is 31.4 Å². The van der Waals surface area contributed by atoms with Crippen LogP contribution < -0.4 is 15.5 Å². The number of rotatable bonds is 5. The van der Waals surface area contributed by atoms with Crippen molar-refractivity contribution in [1.29, 1.82) is 0 Å². The fourth-order valence-corrected chi connectivity index (χ4v) is 2.76. The second kappa shape index (κ2) is 8.18. The number of hydrogen-bond acceptors (Lipinski definition) is 3. The van der Waals surface area contributed by atoms with Gasteiger partial charge in [0.2, 0.25) is 11.8 Å². The molecule has 0 aromatic heterocycles. The molecule has 0 atom stereocenters. The molecule has 1 saturated heterocycles. The molecule has 2 N–H and O–H groups in total. The first-order valence-electron chi connectivity index (χ1n) is 8.80. The van der Waals surface area contributed by atoms with Crippen LogP contribution in [-0.2, 0) is 9.59 Å². The molecule has 2 rings (SSSR count). The van der Waals surface area contributed by atoms with Crippen molar-refractivity contribution in [2.75, 3.05) is 29.9 Å². The van der Waals surface area contributed by atoms with Gasteiger partial charge in [-0.3, -0.25) is 9.59 Å². The predicted molar refractivity (Wildman–Crippen MR) is 98.2 cm³/mol. The third-order valence-corrected chi connectivity index (χ3v) is 4.19. The molecule has 5 heteroatoms. The van der Waals surface area contributed by atoms with E-state index in [9.17, 15) is 9.59 Å². The number of hydrogen-bond donors (Lipinski definition) is 2. The van der Waals surface area contributed by atoms with Gasteiger partial charge in [0.25, 0.3) is 0 Å². The zero-order valence-electron chi connectivity index (χ0n) is 15.0. The lowest BCUT2D eigenvalue weighted by molar-refractivity contribution is -0.128. The maximum absolute atomic E-state index is 12.2. The number of nitrogens with zero attached hydrogens (tertiary/aromatic N) is 1. The number of piperidine rings is 1. The van der Waals surface area contributed by atoms with Crippen LogP contribution in [0.15, 0.2) is 24.3 Å². The summed E-state index contributed by atoms with van der Waals surface area (Å²) in [4.78, 5) is 26.3. The highest BCUT2D eigenvalue weighted by Crippen LogP contribution is 2.28. The third kappa shape index (κ3) is 5.25. The summed E-state index contributed by atoms with van der Waals surface area (Å²) in [5.41, 5.74) is 1.51. The van der Waals surface area contributed by atoms with Gasteiger partial charge in [-0.25, -0.2) is 0 Å². The second-order valence-electron chi connectivity index (χ2n) is 7.37. The Labute approximate surface area is 144 Å². The van der Waals surface area contributed by atoms with Gasteiger partial charge in [-0.2, -0.15) is 0 Å². The minimum absolute atomic E-state index is 0.0379. The summed E-state index contributed by atoms with van der Waals surface area (Å²) in [6.07, 6.45) is 3.94. The number of para-hydroxylation sites is 2. The molecule has 0 bridgehead atoms. The largest absolute Gasteiger partial charge is 0.370 e. The van der Waals surface area contributed by atoms with Crippen LogP contribution in [0.3, 0.4) is 0 Å². The van der Waals surface area contributed by atoms with Crippen molar-refractivity contribution in [3.63, 3.8) is 0 Å². The average molecular weight is 331 g/mol. The van der Waals surface area contributed by atoms with Gasteiger partial charge in [-0.15, -0.1) is 0 Å². The van der Waals surface area contributed by atoms with E-state index in [1.165, 1.54) is 19.3 Å². The van der Waals surface area contributed by atoms with E-state index in [1.54, 1.807) is 0 Å². The lowest BCUT2D eigenvalue weighted by Crippen LogP contribution is -2.36. The first-order valence-corrected chi connectivity index (χ1v) is 8.80. The molecule has 1 fully saturated rings. The topological polar surface area (TPSA) is 61.4 Å². The van der Waals surface area contributed by atoms with Crippen LogP contribution in [0.5, 0.6) is 0 Å². The van der Waals surface area contributed by atoms with Crippen molar-refractivity contribution < 1.29 is 9.59 Å². The van der Waals surface area contributed by atoms with Crippen molar-refractivity contribution in [3.05, 3.63) is 24.3 Å². The molecule has 0 unspecified atom stereocenters. The highest BCUT2D eigenvalue weighted by atomic mass is 16.2. The molecule has 132 valence electrons. The minimum atomic E-state index is -0.433. The van der Waals surface area contributed by atoms with Gasteiger partial charge in [0.15, 0.2) is 0 Å². The lowest BCUT2D eigenvalue weighted by Gasteiger charge is -2.30. The normalized spacial score (nSPS) is 15.0. The summed E-state index contributed by atoms with van der Waals surface area (Å²) >= 11 is 0. The minimum Gasteiger partial charge on any atom is -0.370 e. The Hall–Kier alpha value is -2.04. The van der Waals surface area contributed by atoms with E-state index in [2.05, 4.69) is 21.6 Å². The van der Waals surface area contributed by atoms with E-state index in [-0.39, 0.29) is 18.2 Å². The molecule has 24 heavy (non-hydrogen) atoms. The maximum atomic E-state index is 12.2. The Morgan fingerprint density at radius 1 is 1.08 bits per heavy atom. The highest BCUT2D eigenvalue weighted by Gasteiger charge is 2.21. The number of anilines is 2. The number of carbonyl (C=O) groups is 2. The van der Waals surface area contributed by atoms with Gasteiger partial charge in [-0.1, -0.05) is 32.9 Å². The fraction of sp³-hybridized carbons (Fsp3) is 0.579. The number of carbonyl (C=O) groups excluding carboxylic acids is 2. The SMILES string of the molecule is CC(C)(C)C(=O)NCCC(=O)Nc1ccccc1N1CCCCC1. The Morgan fingerprint density at radius 2 is 1.75 bits per heavy atom. The molecular weight excluding hydrogens is 302 g/mol. The van der Waals surface area contributed by atoms with Gasteiger partial charge < -0.3 is 15.5 Å². The van der Waals surface area contributed by atoms with Crippen LogP contribution in [0.2, 0.25) is 0 Å². The molecule has 1 aliphatic heterocycles. The van der Waals surface area contributed by atoms with Gasteiger partial charge in [0.05, 0.1) is 11.4 Å². The molecule has 1 heterocycles. The fourth-order valence-electron chi connectivity index (χ4n) is 2.76. The van der Waals surface area contributed by atoms with E-state index in [0.29, 0.717) is 6.54 Å². The van der Waals surface area contributed by atoms with Gasteiger partial charge in [0.1, 0.15) is 0 Å². The van der Waals surface area contributed by atoms with Crippen LogP contribution >= 0.6 is 0 Å². The van der Waals surface area contributed by atoms with E-state index < -0.39 is 5.41 Å². The number of nitrogens with one attached hydrogen (secondary N) is 2. The third-order valence-electron chi connectivity index (χ3n) is 4.19. The van der Waals surface area contributed by atoms with E-state index in [1.807, 2.05) is 39.0 Å². The molecule has 0 radical (unpaired) electrons. The van der Waals surface area contributed by atoms with Gasteiger partial charge >= 0.3 is 0 Å². The zero-order chi connectivity index (χ0) is 17.6. The summed E-state index contributed by atoms with van der Waals surface area (Å²) in [5.74, 6) is -0.113. The molecule has 5 nitrogen and oxygen atoms in total. The standard InChI is InChI=1S/C19H29N3O2/c1-19(2,3)18(24)20-12-11-17(23)21-15-9-5-6-10-16(15)22-13-7-4-8-14-22/h5-6,9-10H,4,7-8,11-14H2,1-3H3,(H,20,24)(H,21,23). The van der Waals surface area contributed by atoms with Gasteiger partial charge in [0, 0.05) is 31.5 Å². The summed E-state index contributed by atoms with van der Waals surface area (Å²) in [6, 6.07) is 7.94. The monoisotopic (exact) mass is 331 g/mol. The van der Waals surface area contributed by atoms with Crippen LogP contribution in [-0.4, -0.2) is 31.4 Å². The molecule has 0 aliphatic carbocycles. The zero-order valence-corrected chi connectivity index (χ0v) is 15.0. The van der Waals surface area contributed by atoms with Crippen LogP contribution in [0.4, 0.5) is 11.4 Å². The number of benzene rings is 1. The first-order chi connectivity index (χ1) is 11.4. The van der Waals surface area contributed by atoms with Crippen LogP contribution in [0.1, 0.15) is 46.5 Å². The highest BCUT2D eigenvalue weighted by molar-refractivity contribution is 5.94. The molecule has 1 aromatic carbocycles. The Bertz CT molecular complexity index is 572. The van der Waals surface area contributed by atoms with E-state index in [0.717, 1.165) is 24.5 Å². The summed E-state index contributed by atoms with van der Waals surface area (Å²) < 4.78 is 0. The van der Waals surface area contributed by atoms with Crippen LogP contribution in [0, 0.1) is 5.41 Å². The molecule has 0 spiro atoms. The predicted octanol–water partition coefficient (Wildman–Crippen LogP) is 3.17.